The molecule has 3 aliphatic rings. The molecule has 0 heterocycles. The third-order valence-electron chi connectivity index (χ3n) is 5.63. The summed E-state index contributed by atoms with van der Waals surface area (Å²) >= 11 is 0. The van der Waals surface area contributed by atoms with Crippen molar-refractivity contribution >= 4 is 0 Å². The van der Waals surface area contributed by atoms with Crippen LogP contribution in [0.4, 0.5) is 0 Å². The summed E-state index contributed by atoms with van der Waals surface area (Å²) in [7, 11) is 0. The summed E-state index contributed by atoms with van der Waals surface area (Å²) in [5, 5.41) is 0. The molecule has 0 aromatic carbocycles. The fourth-order valence-electron chi connectivity index (χ4n) is 5.45. The fourth-order valence-corrected chi connectivity index (χ4v) is 5.45. The normalized spacial score (nSPS) is 69.0. The van der Waals surface area contributed by atoms with Crippen molar-refractivity contribution in [1.82, 2.24) is 0 Å². The summed E-state index contributed by atoms with van der Waals surface area (Å²) in [6.45, 7) is 9.71. The molecule has 0 amide bonds. The largest absolute Gasteiger partial charge is 0.0648 e. The smallest absolute Gasteiger partial charge is 0.0116 e. The summed E-state index contributed by atoms with van der Waals surface area (Å²) in [5.74, 6) is 2.03. The quantitative estimate of drug-likeness (QED) is 0.567. The van der Waals surface area contributed by atoms with E-state index in [0.29, 0.717) is 0 Å². The van der Waals surface area contributed by atoms with Gasteiger partial charge in [0.05, 0.1) is 0 Å². The molecule has 11 heavy (non-hydrogen) atoms. The molecule has 0 radical (unpaired) electrons. The van der Waals surface area contributed by atoms with Gasteiger partial charge in [0, 0.05) is 0 Å². The Morgan fingerprint density at radius 3 is 2.27 bits per heavy atom. The van der Waals surface area contributed by atoms with E-state index in [1.807, 2.05) is 0 Å². The van der Waals surface area contributed by atoms with Gasteiger partial charge in [-0.15, -0.1) is 0 Å². The van der Waals surface area contributed by atoms with Gasteiger partial charge in [0.2, 0.25) is 0 Å². The molecule has 0 N–H and O–H groups in total. The van der Waals surface area contributed by atoms with Gasteiger partial charge in [0.15, 0.2) is 0 Å². The van der Waals surface area contributed by atoms with Gasteiger partial charge in [-0.2, -0.15) is 0 Å². The summed E-state index contributed by atoms with van der Waals surface area (Å²) in [6.07, 6.45) is 3.03. The second-order valence-corrected chi connectivity index (χ2v) is 5.33. The summed E-state index contributed by atoms with van der Waals surface area (Å²) in [5.41, 5.74) is 2.64. The molecular weight excluding hydrogens is 132 g/mol. The van der Waals surface area contributed by atoms with Gasteiger partial charge >= 0.3 is 0 Å². The first-order chi connectivity index (χ1) is 5.12. The van der Waals surface area contributed by atoms with E-state index in [0.717, 1.165) is 28.1 Å². The summed E-state index contributed by atoms with van der Waals surface area (Å²) < 4.78 is 0. The zero-order valence-corrected chi connectivity index (χ0v) is 8.07. The lowest BCUT2D eigenvalue weighted by atomic mass is 9.81. The van der Waals surface area contributed by atoms with Crippen molar-refractivity contribution in [2.45, 2.75) is 40.5 Å². The Morgan fingerprint density at radius 1 is 1.45 bits per heavy atom. The minimum Gasteiger partial charge on any atom is -0.0648 e. The van der Waals surface area contributed by atoms with Gasteiger partial charge in [-0.1, -0.05) is 27.7 Å². The van der Waals surface area contributed by atoms with Crippen LogP contribution >= 0.6 is 0 Å². The molecule has 0 aromatic rings. The van der Waals surface area contributed by atoms with Crippen molar-refractivity contribution in [3.8, 4) is 0 Å². The van der Waals surface area contributed by atoms with Gasteiger partial charge in [-0.05, 0) is 40.9 Å². The minimum atomic E-state index is 0.856. The first-order valence-electron chi connectivity index (χ1n) is 5.12. The maximum absolute atomic E-state index is 2.47. The van der Waals surface area contributed by atoms with Crippen LogP contribution in [-0.2, 0) is 0 Å². The van der Waals surface area contributed by atoms with E-state index in [1.165, 1.54) is 6.42 Å². The van der Waals surface area contributed by atoms with E-state index in [4.69, 9.17) is 0 Å². The molecule has 3 aliphatic carbocycles. The summed E-state index contributed by atoms with van der Waals surface area (Å²) in [4.78, 5) is 0. The molecule has 0 bridgehead atoms. The molecule has 3 saturated carbocycles. The Hall–Kier alpha value is 0. The molecule has 0 aliphatic heterocycles. The zero-order valence-electron chi connectivity index (χ0n) is 8.07. The van der Waals surface area contributed by atoms with Crippen LogP contribution in [0.1, 0.15) is 40.5 Å². The molecule has 0 heteroatoms. The molecule has 0 nitrogen and oxygen atoms in total. The molecule has 0 saturated heterocycles. The van der Waals surface area contributed by atoms with Crippen LogP contribution in [0.15, 0.2) is 0 Å². The molecule has 3 rings (SSSR count). The van der Waals surface area contributed by atoms with Crippen molar-refractivity contribution in [2.75, 3.05) is 0 Å². The Bertz CT molecular complexity index is 226. The molecule has 4 unspecified atom stereocenters. The highest BCUT2D eigenvalue weighted by molar-refractivity contribution is 5.60. The SMILES string of the molecule is CCC12CC13C(C)C23C(C)C. The predicted octanol–water partition coefficient (Wildman–Crippen LogP) is 3.08. The number of fused-ring (bicyclic) bond motifs is 1. The average Bonchev–Trinajstić information content (AvgIpc) is 2.74. The van der Waals surface area contributed by atoms with E-state index >= 15 is 0 Å². The minimum absolute atomic E-state index is 0.856. The number of hydrogen-bond acceptors (Lipinski definition) is 0. The Labute approximate surface area is 69.4 Å². The van der Waals surface area contributed by atoms with Gasteiger partial charge in [0.1, 0.15) is 0 Å². The average molecular weight is 150 g/mol. The maximum Gasteiger partial charge on any atom is -0.0116 e. The topological polar surface area (TPSA) is 0 Å². The van der Waals surface area contributed by atoms with Gasteiger partial charge in [-0.25, -0.2) is 0 Å². The van der Waals surface area contributed by atoms with Crippen molar-refractivity contribution in [2.24, 2.45) is 28.1 Å². The lowest BCUT2D eigenvalue weighted by molar-refractivity contribution is 0.249. The number of hydrogen-bond donors (Lipinski definition) is 0. The highest BCUT2D eigenvalue weighted by Crippen LogP contribution is 3.17. The van der Waals surface area contributed by atoms with Gasteiger partial charge in [-0.3, -0.25) is 0 Å². The van der Waals surface area contributed by atoms with Crippen LogP contribution in [0, 0.1) is 28.1 Å². The standard InChI is InChI=1S/C11H18/c1-5-9-6-10(9)8(4)11(9,10)7(2)3/h7-8H,5-6H2,1-4H3. The Morgan fingerprint density at radius 2 is 2.09 bits per heavy atom. The van der Waals surface area contributed by atoms with Crippen LogP contribution in [0.5, 0.6) is 0 Å². The highest BCUT2D eigenvalue weighted by Gasteiger charge is 3.13. The third kappa shape index (κ3) is 0.278. The van der Waals surface area contributed by atoms with Crippen molar-refractivity contribution in [1.29, 1.82) is 0 Å². The van der Waals surface area contributed by atoms with Crippen LogP contribution in [-0.4, -0.2) is 0 Å². The monoisotopic (exact) mass is 150 g/mol. The van der Waals surface area contributed by atoms with E-state index in [2.05, 4.69) is 27.7 Å². The van der Waals surface area contributed by atoms with E-state index in [-0.39, 0.29) is 0 Å². The van der Waals surface area contributed by atoms with Crippen LogP contribution in [0.25, 0.3) is 0 Å². The van der Waals surface area contributed by atoms with Crippen molar-refractivity contribution in [3.63, 3.8) is 0 Å². The lowest BCUT2D eigenvalue weighted by Gasteiger charge is -2.23. The second-order valence-electron chi connectivity index (χ2n) is 5.33. The predicted molar refractivity (Wildman–Crippen MR) is 46.2 cm³/mol. The highest BCUT2D eigenvalue weighted by atomic mass is 15.2. The van der Waals surface area contributed by atoms with Crippen molar-refractivity contribution in [3.05, 3.63) is 0 Å². The van der Waals surface area contributed by atoms with Crippen LogP contribution in [0.2, 0.25) is 0 Å². The number of rotatable bonds is 2. The molecular formula is C11H18. The third-order valence-corrected chi connectivity index (χ3v) is 5.63. The molecule has 4 atom stereocenters. The molecule has 0 aromatic heterocycles. The van der Waals surface area contributed by atoms with Crippen LogP contribution < -0.4 is 0 Å². The van der Waals surface area contributed by atoms with E-state index in [9.17, 15) is 0 Å². The first-order valence-corrected chi connectivity index (χ1v) is 5.12. The van der Waals surface area contributed by atoms with Gasteiger partial charge < -0.3 is 0 Å². The van der Waals surface area contributed by atoms with Crippen molar-refractivity contribution < 1.29 is 0 Å². The molecule has 3 fully saturated rings. The van der Waals surface area contributed by atoms with E-state index < -0.39 is 0 Å². The van der Waals surface area contributed by atoms with Gasteiger partial charge in [0.25, 0.3) is 0 Å². The molecule has 1 spiro atoms. The lowest BCUT2D eigenvalue weighted by Crippen LogP contribution is -2.17. The first kappa shape index (κ1) is 6.51. The summed E-state index contributed by atoms with van der Waals surface area (Å²) in [6, 6.07) is 0. The van der Waals surface area contributed by atoms with E-state index in [1.54, 1.807) is 6.42 Å². The molecule has 62 valence electrons. The second kappa shape index (κ2) is 1.20. The Balaban J connectivity index is 1.95. The Kier molecular flexibility index (Phi) is 0.709. The fraction of sp³-hybridized carbons (Fsp3) is 1.00. The zero-order chi connectivity index (χ0) is 8.07. The van der Waals surface area contributed by atoms with Crippen LogP contribution in [0.3, 0.4) is 0 Å². The maximum atomic E-state index is 2.47.